The van der Waals surface area contributed by atoms with Gasteiger partial charge in [0.2, 0.25) is 0 Å². The van der Waals surface area contributed by atoms with Crippen molar-refractivity contribution < 1.29 is 4.42 Å². The van der Waals surface area contributed by atoms with Crippen molar-refractivity contribution in [2.75, 3.05) is 0 Å². The second kappa shape index (κ2) is 15.6. The maximum absolute atomic E-state index is 6.39. The van der Waals surface area contributed by atoms with Crippen LogP contribution in [-0.2, 0) is 0 Å². The van der Waals surface area contributed by atoms with E-state index in [-0.39, 0.29) is 0 Å². The molecular formula is C63H39N5O. The Morgan fingerprint density at radius 2 is 0.783 bits per heavy atom. The van der Waals surface area contributed by atoms with Crippen molar-refractivity contribution in [1.29, 1.82) is 0 Å². The normalized spacial score (nSPS) is 11.8. The van der Waals surface area contributed by atoms with E-state index in [9.17, 15) is 0 Å². The number of fused-ring (bicyclic) bond motifs is 9. The summed E-state index contributed by atoms with van der Waals surface area (Å²) in [5.74, 6) is 1.71. The van der Waals surface area contributed by atoms with Crippen molar-refractivity contribution in [2.24, 2.45) is 0 Å². The van der Waals surface area contributed by atoms with E-state index < -0.39 is 0 Å². The first-order valence-corrected chi connectivity index (χ1v) is 23.3. The standard InChI is InChI=1S/C63H39N5O/c1-3-18-40(19-4-1)41-20-15-21-42(38-41)61-64-62(43-36-37-46-45-24-10-14-35-57(45)69-58(46)39-43)66-63(65-61)51-27-9-13-32-54(51)68-53-31-12-8-26-50(53)60-48(29-17-34-56(60)68)47-28-16-33-55-59(47)49-25-7-11-30-52(49)67(55)44-22-5-2-6-23-44/h1-39H. The number of aromatic nitrogens is 5. The molecule has 0 atom stereocenters. The Balaban J connectivity index is 0.994. The Morgan fingerprint density at radius 1 is 0.290 bits per heavy atom. The van der Waals surface area contributed by atoms with Crippen LogP contribution in [0, 0.1) is 0 Å². The van der Waals surface area contributed by atoms with Crippen molar-refractivity contribution >= 4 is 65.6 Å². The van der Waals surface area contributed by atoms with Crippen LogP contribution in [0.2, 0.25) is 0 Å². The summed E-state index contributed by atoms with van der Waals surface area (Å²) in [4.78, 5) is 15.9. The van der Waals surface area contributed by atoms with Crippen LogP contribution in [0.15, 0.2) is 241 Å². The van der Waals surface area contributed by atoms with Crippen molar-refractivity contribution in [3.63, 3.8) is 0 Å². The molecule has 4 heterocycles. The third-order valence-corrected chi connectivity index (χ3v) is 13.6. The van der Waals surface area contributed by atoms with Gasteiger partial charge in [0.25, 0.3) is 0 Å². The minimum absolute atomic E-state index is 0.560. The summed E-state index contributed by atoms with van der Waals surface area (Å²) in [5.41, 5.74) is 15.4. The topological polar surface area (TPSA) is 61.7 Å². The lowest BCUT2D eigenvalue weighted by atomic mass is 9.95. The Hall–Kier alpha value is -9.39. The zero-order valence-corrected chi connectivity index (χ0v) is 37.2. The number of nitrogens with zero attached hydrogens (tertiary/aromatic N) is 5. The molecule has 10 aromatic carbocycles. The second-order valence-electron chi connectivity index (χ2n) is 17.5. The number of benzene rings is 10. The fraction of sp³-hybridized carbons (Fsp3) is 0. The van der Waals surface area contributed by atoms with Crippen LogP contribution in [0.3, 0.4) is 0 Å². The van der Waals surface area contributed by atoms with Crippen LogP contribution < -0.4 is 0 Å². The number of para-hydroxylation sites is 5. The third kappa shape index (κ3) is 6.23. The van der Waals surface area contributed by atoms with Gasteiger partial charge in [-0.3, -0.25) is 0 Å². The van der Waals surface area contributed by atoms with Crippen LogP contribution in [-0.4, -0.2) is 24.1 Å². The van der Waals surface area contributed by atoms with E-state index in [4.69, 9.17) is 19.4 Å². The van der Waals surface area contributed by atoms with Crippen molar-refractivity contribution in [3.8, 4) is 67.8 Å². The number of hydrogen-bond donors (Lipinski definition) is 0. The average molecular weight is 882 g/mol. The zero-order valence-electron chi connectivity index (χ0n) is 37.2. The molecule has 0 radical (unpaired) electrons. The predicted octanol–water partition coefficient (Wildman–Crippen LogP) is 16.3. The molecule has 69 heavy (non-hydrogen) atoms. The summed E-state index contributed by atoms with van der Waals surface area (Å²) in [5, 5.41) is 6.91. The van der Waals surface area contributed by atoms with Crippen molar-refractivity contribution in [3.05, 3.63) is 237 Å². The minimum Gasteiger partial charge on any atom is -0.456 e. The highest BCUT2D eigenvalue weighted by Crippen LogP contribution is 2.45. The zero-order chi connectivity index (χ0) is 45.4. The van der Waals surface area contributed by atoms with Gasteiger partial charge in [0, 0.05) is 54.7 Å². The summed E-state index contributed by atoms with van der Waals surface area (Å²) in [6.45, 7) is 0. The van der Waals surface area contributed by atoms with Gasteiger partial charge in [-0.15, -0.1) is 0 Å². The van der Waals surface area contributed by atoms with E-state index >= 15 is 0 Å². The van der Waals surface area contributed by atoms with Crippen molar-refractivity contribution in [2.45, 2.75) is 0 Å². The number of hydrogen-bond acceptors (Lipinski definition) is 4. The molecule has 0 bridgehead atoms. The Morgan fingerprint density at radius 3 is 1.52 bits per heavy atom. The van der Waals surface area contributed by atoms with Gasteiger partial charge < -0.3 is 13.6 Å². The molecule has 0 fully saturated rings. The molecule has 0 unspecified atom stereocenters. The van der Waals surface area contributed by atoms with Gasteiger partial charge >= 0.3 is 0 Å². The second-order valence-corrected chi connectivity index (χ2v) is 17.5. The highest BCUT2D eigenvalue weighted by atomic mass is 16.3. The molecule has 0 aliphatic carbocycles. The average Bonchev–Trinajstić information content (AvgIpc) is 4.09. The lowest BCUT2D eigenvalue weighted by Crippen LogP contribution is -2.03. The Kier molecular flexibility index (Phi) is 8.79. The van der Waals surface area contributed by atoms with E-state index in [1.54, 1.807) is 0 Å². The Bertz CT molecular complexity index is 4320. The summed E-state index contributed by atoms with van der Waals surface area (Å²) in [6.07, 6.45) is 0. The molecule has 4 aromatic heterocycles. The van der Waals surface area contributed by atoms with Gasteiger partial charge in [-0.05, 0) is 95.1 Å². The van der Waals surface area contributed by atoms with Crippen LogP contribution >= 0.6 is 0 Å². The minimum atomic E-state index is 0.560. The van der Waals surface area contributed by atoms with E-state index in [1.165, 1.54) is 38.3 Å². The van der Waals surface area contributed by atoms with Crippen LogP contribution in [0.4, 0.5) is 0 Å². The van der Waals surface area contributed by atoms with Gasteiger partial charge in [0.15, 0.2) is 17.5 Å². The van der Waals surface area contributed by atoms with Crippen LogP contribution in [0.1, 0.15) is 0 Å². The van der Waals surface area contributed by atoms with Gasteiger partial charge in [0.05, 0.1) is 27.8 Å². The maximum Gasteiger partial charge on any atom is 0.166 e. The Labute approximate surface area is 396 Å². The molecule has 6 nitrogen and oxygen atoms in total. The molecule has 0 N–H and O–H groups in total. The monoisotopic (exact) mass is 881 g/mol. The first-order valence-electron chi connectivity index (χ1n) is 23.3. The molecule has 14 aromatic rings. The van der Waals surface area contributed by atoms with E-state index in [0.717, 1.165) is 77.6 Å². The molecule has 0 spiro atoms. The predicted molar refractivity (Wildman–Crippen MR) is 283 cm³/mol. The quantitative estimate of drug-likeness (QED) is 0.160. The fourth-order valence-electron chi connectivity index (χ4n) is 10.5. The lowest BCUT2D eigenvalue weighted by molar-refractivity contribution is 0.669. The molecule has 0 amide bonds. The SMILES string of the molecule is c1ccc(-c2cccc(-c3nc(-c4ccc5c(c4)oc4ccccc45)nc(-c4ccccc4-n4c5ccccc5c5c(-c6cccc7c6c6ccccc6n7-c6ccccc6)cccc54)n3)c2)cc1. The summed E-state index contributed by atoms with van der Waals surface area (Å²) < 4.78 is 11.2. The van der Waals surface area contributed by atoms with E-state index in [1.807, 2.05) is 24.3 Å². The third-order valence-electron chi connectivity index (χ3n) is 13.6. The van der Waals surface area contributed by atoms with Gasteiger partial charge in [-0.1, -0.05) is 164 Å². The molecule has 6 heteroatoms. The first kappa shape index (κ1) is 38.8. The fourth-order valence-corrected chi connectivity index (χ4v) is 10.5. The molecule has 0 aliphatic heterocycles. The molecule has 0 saturated carbocycles. The molecule has 0 saturated heterocycles. The molecule has 322 valence electrons. The smallest absolute Gasteiger partial charge is 0.166 e. The highest BCUT2D eigenvalue weighted by molar-refractivity contribution is 6.22. The lowest BCUT2D eigenvalue weighted by Gasteiger charge is -2.15. The molecule has 14 rings (SSSR count). The van der Waals surface area contributed by atoms with Gasteiger partial charge in [-0.25, -0.2) is 15.0 Å². The summed E-state index contributed by atoms with van der Waals surface area (Å²) in [6, 6.07) is 83.3. The van der Waals surface area contributed by atoms with Crippen LogP contribution in [0.25, 0.3) is 133 Å². The molecule has 0 aliphatic rings. The number of furan rings is 1. The van der Waals surface area contributed by atoms with Crippen molar-refractivity contribution in [1.82, 2.24) is 24.1 Å². The largest absolute Gasteiger partial charge is 0.456 e. The van der Waals surface area contributed by atoms with E-state index in [0.29, 0.717) is 17.5 Å². The molecular weight excluding hydrogens is 843 g/mol. The van der Waals surface area contributed by atoms with Gasteiger partial charge in [-0.2, -0.15) is 0 Å². The summed E-state index contributed by atoms with van der Waals surface area (Å²) in [7, 11) is 0. The van der Waals surface area contributed by atoms with Crippen LogP contribution in [0.5, 0.6) is 0 Å². The van der Waals surface area contributed by atoms with E-state index in [2.05, 4.69) is 221 Å². The van der Waals surface area contributed by atoms with Gasteiger partial charge in [0.1, 0.15) is 11.2 Å². The maximum atomic E-state index is 6.39. The first-order chi connectivity index (χ1) is 34.2. The summed E-state index contributed by atoms with van der Waals surface area (Å²) >= 11 is 0. The highest BCUT2D eigenvalue weighted by Gasteiger charge is 2.23. The number of rotatable bonds is 7.